The Morgan fingerprint density at radius 2 is 1.83 bits per heavy atom. The third-order valence-corrected chi connectivity index (χ3v) is 4.19. The van der Waals surface area contributed by atoms with Gasteiger partial charge in [-0.3, -0.25) is 9.59 Å². The number of carbonyl (C=O) groups is 2. The minimum Gasteiger partial charge on any atom is -0.396 e. The van der Waals surface area contributed by atoms with Crippen LogP contribution in [0.4, 0.5) is 0 Å². The lowest BCUT2D eigenvalue weighted by Gasteiger charge is -2.27. The zero-order chi connectivity index (χ0) is 18.2. The standard InChI is InChI=1S/C18H26ClNO4/c1-18(2,12-21)16(23)17(24)20-11-3-4-15(22)10-7-13-5-8-14(19)9-6-13/h5-6,8-9,16,21,23H,3-4,7,10-12H2,1-2H3,(H,20,24)/t16-/m0/s1. The van der Waals surface area contributed by atoms with Gasteiger partial charge in [0.05, 0.1) is 6.61 Å². The number of Topliss-reactive ketones (excluding diaryl/α,β-unsaturated/α-hetero) is 1. The van der Waals surface area contributed by atoms with Gasteiger partial charge < -0.3 is 15.5 Å². The molecule has 1 aromatic carbocycles. The van der Waals surface area contributed by atoms with Crippen molar-refractivity contribution in [2.24, 2.45) is 5.41 Å². The summed E-state index contributed by atoms with van der Waals surface area (Å²) in [4.78, 5) is 23.6. The highest BCUT2D eigenvalue weighted by molar-refractivity contribution is 6.30. The van der Waals surface area contributed by atoms with Gasteiger partial charge in [-0.05, 0) is 30.5 Å². The summed E-state index contributed by atoms with van der Waals surface area (Å²) >= 11 is 5.81. The summed E-state index contributed by atoms with van der Waals surface area (Å²) in [6.07, 6.45) is 0.759. The van der Waals surface area contributed by atoms with Crippen molar-refractivity contribution in [3.8, 4) is 0 Å². The maximum atomic E-state index is 11.8. The van der Waals surface area contributed by atoms with Crippen LogP contribution in [0.25, 0.3) is 0 Å². The average molecular weight is 356 g/mol. The first-order chi connectivity index (χ1) is 11.3. The van der Waals surface area contributed by atoms with E-state index in [0.29, 0.717) is 37.3 Å². The van der Waals surface area contributed by atoms with Gasteiger partial charge in [-0.2, -0.15) is 0 Å². The van der Waals surface area contributed by atoms with Crippen molar-refractivity contribution >= 4 is 23.3 Å². The lowest BCUT2D eigenvalue weighted by atomic mass is 9.87. The van der Waals surface area contributed by atoms with Crippen molar-refractivity contribution in [3.05, 3.63) is 34.9 Å². The van der Waals surface area contributed by atoms with Crippen molar-refractivity contribution in [1.82, 2.24) is 5.32 Å². The Bertz CT molecular complexity index is 542. The number of ketones is 1. The van der Waals surface area contributed by atoms with Crippen LogP contribution in [0.1, 0.15) is 38.7 Å². The third kappa shape index (κ3) is 6.99. The summed E-state index contributed by atoms with van der Waals surface area (Å²) in [6.45, 7) is 3.25. The lowest BCUT2D eigenvalue weighted by molar-refractivity contribution is -0.137. The largest absolute Gasteiger partial charge is 0.396 e. The van der Waals surface area contributed by atoms with Gasteiger partial charge in [0.2, 0.25) is 5.91 Å². The monoisotopic (exact) mass is 355 g/mol. The van der Waals surface area contributed by atoms with Gasteiger partial charge in [0.1, 0.15) is 11.9 Å². The molecule has 0 radical (unpaired) electrons. The Balaban J connectivity index is 2.21. The minimum atomic E-state index is -1.27. The fourth-order valence-corrected chi connectivity index (χ4v) is 2.22. The molecule has 1 rings (SSSR count). The quantitative estimate of drug-likeness (QED) is 0.561. The second-order valence-electron chi connectivity index (χ2n) is 6.61. The molecule has 0 heterocycles. The average Bonchev–Trinajstić information content (AvgIpc) is 2.57. The highest BCUT2D eigenvalue weighted by atomic mass is 35.5. The number of aryl methyl sites for hydroxylation is 1. The smallest absolute Gasteiger partial charge is 0.249 e. The van der Waals surface area contributed by atoms with E-state index in [2.05, 4.69) is 5.32 Å². The number of rotatable bonds is 10. The Morgan fingerprint density at radius 3 is 2.42 bits per heavy atom. The number of benzene rings is 1. The number of carbonyl (C=O) groups excluding carboxylic acids is 2. The van der Waals surface area contributed by atoms with Crippen LogP contribution in [-0.2, 0) is 16.0 Å². The van der Waals surface area contributed by atoms with Crippen LogP contribution in [0.3, 0.4) is 0 Å². The van der Waals surface area contributed by atoms with E-state index in [9.17, 15) is 14.7 Å². The summed E-state index contributed by atoms with van der Waals surface area (Å²) in [6, 6.07) is 7.41. The molecule has 0 unspecified atom stereocenters. The van der Waals surface area contributed by atoms with E-state index in [4.69, 9.17) is 16.7 Å². The minimum absolute atomic E-state index is 0.135. The van der Waals surface area contributed by atoms with Gasteiger partial charge in [-0.15, -0.1) is 0 Å². The Hall–Kier alpha value is -1.43. The van der Waals surface area contributed by atoms with Crippen molar-refractivity contribution in [3.63, 3.8) is 0 Å². The van der Waals surface area contributed by atoms with Crippen molar-refractivity contribution in [1.29, 1.82) is 0 Å². The van der Waals surface area contributed by atoms with E-state index >= 15 is 0 Å². The molecule has 6 heteroatoms. The SMILES string of the molecule is CC(C)(CO)[C@@H](O)C(=O)NCCCC(=O)CCc1ccc(Cl)cc1. The molecule has 24 heavy (non-hydrogen) atoms. The molecule has 0 saturated heterocycles. The van der Waals surface area contributed by atoms with Crippen LogP contribution in [0, 0.1) is 5.41 Å². The summed E-state index contributed by atoms with van der Waals surface area (Å²) in [7, 11) is 0. The second-order valence-corrected chi connectivity index (χ2v) is 7.05. The van der Waals surface area contributed by atoms with Crippen molar-refractivity contribution in [2.45, 2.75) is 45.6 Å². The molecule has 0 bridgehead atoms. The maximum Gasteiger partial charge on any atom is 0.249 e. The predicted octanol–water partition coefficient (Wildman–Crippen LogP) is 2.12. The lowest BCUT2D eigenvalue weighted by Crippen LogP contribution is -2.45. The molecule has 134 valence electrons. The van der Waals surface area contributed by atoms with Crippen LogP contribution in [0.5, 0.6) is 0 Å². The van der Waals surface area contributed by atoms with Crippen LogP contribution < -0.4 is 5.32 Å². The fourth-order valence-electron chi connectivity index (χ4n) is 2.10. The molecule has 0 aliphatic carbocycles. The number of hydrogen-bond donors (Lipinski definition) is 3. The predicted molar refractivity (Wildman–Crippen MR) is 93.9 cm³/mol. The van der Waals surface area contributed by atoms with Gasteiger partial charge in [0.15, 0.2) is 0 Å². The number of aliphatic hydroxyl groups is 2. The number of aliphatic hydroxyl groups excluding tert-OH is 2. The number of amides is 1. The normalized spacial score (nSPS) is 12.7. The summed E-state index contributed by atoms with van der Waals surface area (Å²) < 4.78 is 0. The van der Waals surface area contributed by atoms with Crippen LogP contribution >= 0.6 is 11.6 Å². The molecule has 3 N–H and O–H groups in total. The molecular formula is C18H26ClNO4. The molecule has 1 aromatic rings. The first kappa shape index (κ1) is 20.6. The Morgan fingerprint density at radius 1 is 1.21 bits per heavy atom. The zero-order valence-corrected chi connectivity index (χ0v) is 15.0. The highest BCUT2D eigenvalue weighted by Crippen LogP contribution is 2.19. The number of halogens is 1. The van der Waals surface area contributed by atoms with Crippen LogP contribution in [-0.4, -0.2) is 41.2 Å². The summed E-state index contributed by atoms with van der Waals surface area (Å²) in [5.74, 6) is -0.391. The summed E-state index contributed by atoms with van der Waals surface area (Å²) in [5.41, 5.74) is 0.175. The number of hydrogen-bond acceptors (Lipinski definition) is 4. The molecule has 0 spiro atoms. The molecule has 0 aromatic heterocycles. The zero-order valence-electron chi connectivity index (χ0n) is 14.2. The first-order valence-corrected chi connectivity index (χ1v) is 8.47. The third-order valence-electron chi connectivity index (χ3n) is 3.93. The van der Waals surface area contributed by atoms with Gasteiger partial charge in [-0.1, -0.05) is 37.6 Å². The molecule has 1 atom stereocenters. The van der Waals surface area contributed by atoms with Crippen LogP contribution in [0.2, 0.25) is 5.02 Å². The van der Waals surface area contributed by atoms with Crippen molar-refractivity contribution in [2.75, 3.05) is 13.2 Å². The Kier molecular flexibility index (Phi) is 8.39. The summed E-state index contributed by atoms with van der Waals surface area (Å²) in [5, 5.41) is 22.2. The van der Waals surface area contributed by atoms with E-state index in [1.54, 1.807) is 26.0 Å². The van der Waals surface area contributed by atoms with Gasteiger partial charge in [0.25, 0.3) is 0 Å². The molecule has 0 aliphatic heterocycles. The van der Waals surface area contributed by atoms with Crippen LogP contribution in [0.15, 0.2) is 24.3 Å². The highest BCUT2D eigenvalue weighted by Gasteiger charge is 2.32. The van der Waals surface area contributed by atoms with E-state index in [1.165, 1.54) is 0 Å². The van der Waals surface area contributed by atoms with Gasteiger partial charge in [-0.25, -0.2) is 0 Å². The second kappa shape index (κ2) is 9.77. The molecule has 0 fully saturated rings. The Labute approximate surface area is 148 Å². The van der Waals surface area contributed by atoms with Crippen molar-refractivity contribution < 1.29 is 19.8 Å². The topological polar surface area (TPSA) is 86.6 Å². The van der Waals surface area contributed by atoms with E-state index in [1.807, 2.05) is 12.1 Å². The molecular weight excluding hydrogens is 330 g/mol. The van der Waals surface area contributed by atoms with E-state index in [0.717, 1.165) is 5.56 Å². The maximum absolute atomic E-state index is 11.8. The molecule has 5 nitrogen and oxygen atoms in total. The molecule has 1 amide bonds. The number of nitrogens with one attached hydrogen (secondary N) is 1. The van der Waals surface area contributed by atoms with Gasteiger partial charge in [0, 0.05) is 29.8 Å². The fraction of sp³-hybridized carbons (Fsp3) is 0.556. The van der Waals surface area contributed by atoms with Gasteiger partial charge >= 0.3 is 0 Å². The van der Waals surface area contributed by atoms with E-state index < -0.39 is 17.4 Å². The van der Waals surface area contributed by atoms with E-state index in [-0.39, 0.29) is 12.4 Å². The molecule has 0 aliphatic rings. The molecule has 0 saturated carbocycles. The first-order valence-electron chi connectivity index (χ1n) is 8.09.